The van der Waals surface area contributed by atoms with E-state index in [4.69, 9.17) is 15.0 Å². The van der Waals surface area contributed by atoms with E-state index in [0.29, 0.717) is 17.6 Å². The molecule has 0 atom stereocenters. The second-order valence-corrected chi connectivity index (χ2v) is 11.2. The molecule has 6 heteroatoms. The van der Waals surface area contributed by atoms with Crippen LogP contribution in [0.2, 0.25) is 0 Å². The summed E-state index contributed by atoms with van der Waals surface area (Å²) in [6, 6.07) is 41.9. The smallest absolute Gasteiger partial charge is 0.238 e. The largest absolute Gasteiger partial charge is 0.306 e. The molecular weight excluding hydrogens is 570 g/mol. The van der Waals surface area contributed by atoms with Gasteiger partial charge in [-0.1, -0.05) is 107 Å². The highest BCUT2D eigenvalue weighted by molar-refractivity contribution is 9.10. The molecule has 192 valence electrons. The molecule has 9 aromatic rings. The summed E-state index contributed by atoms with van der Waals surface area (Å²) in [7, 11) is 0. The molecule has 41 heavy (non-hydrogen) atoms. The number of fused-ring (bicyclic) bond motifs is 8. The summed E-state index contributed by atoms with van der Waals surface area (Å²) in [6.45, 7) is 0. The predicted molar refractivity (Wildman–Crippen MR) is 170 cm³/mol. The molecule has 0 spiro atoms. The lowest BCUT2D eigenvalue weighted by molar-refractivity contribution is 0.955. The van der Waals surface area contributed by atoms with E-state index in [0.717, 1.165) is 37.5 Å². The van der Waals surface area contributed by atoms with Crippen molar-refractivity contribution in [3.8, 4) is 28.7 Å². The molecule has 0 bridgehead atoms. The first-order valence-corrected chi connectivity index (χ1v) is 14.3. The van der Waals surface area contributed by atoms with Crippen molar-refractivity contribution in [3.63, 3.8) is 0 Å². The van der Waals surface area contributed by atoms with Crippen LogP contribution in [0.3, 0.4) is 0 Å². The van der Waals surface area contributed by atoms with Crippen molar-refractivity contribution in [2.75, 3.05) is 0 Å². The summed E-state index contributed by atoms with van der Waals surface area (Å²) < 4.78 is 5.65. The maximum atomic E-state index is 5.13. The van der Waals surface area contributed by atoms with E-state index in [1.165, 1.54) is 27.2 Å². The first-order valence-electron chi connectivity index (χ1n) is 13.5. The minimum Gasteiger partial charge on any atom is -0.306 e. The monoisotopic (exact) mass is 589 g/mol. The summed E-state index contributed by atoms with van der Waals surface area (Å²) in [4.78, 5) is 15.2. The van der Waals surface area contributed by atoms with Gasteiger partial charge in [-0.2, -0.15) is 9.97 Å². The molecule has 5 aromatic heterocycles. The van der Waals surface area contributed by atoms with Crippen LogP contribution < -0.4 is 0 Å². The Bertz CT molecular complexity index is 2370. The van der Waals surface area contributed by atoms with Crippen molar-refractivity contribution < 1.29 is 0 Å². The number of aromatic nitrogens is 5. The van der Waals surface area contributed by atoms with E-state index in [2.05, 4.69) is 85.6 Å². The summed E-state index contributed by atoms with van der Waals surface area (Å²) >= 11 is 3.74. The molecule has 0 radical (unpaired) electrons. The van der Waals surface area contributed by atoms with Crippen molar-refractivity contribution in [2.24, 2.45) is 0 Å². The van der Waals surface area contributed by atoms with Crippen LogP contribution in [0.1, 0.15) is 0 Å². The average Bonchev–Trinajstić information content (AvgIpc) is 3.66. The fourth-order valence-corrected chi connectivity index (χ4v) is 6.64. The van der Waals surface area contributed by atoms with Crippen molar-refractivity contribution >= 4 is 65.1 Å². The van der Waals surface area contributed by atoms with Crippen LogP contribution >= 0.6 is 15.9 Å². The molecule has 0 aliphatic heterocycles. The Morgan fingerprint density at radius 1 is 0.488 bits per heavy atom. The van der Waals surface area contributed by atoms with Crippen LogP contribution in [0.25, 0.3) is 77.9 Å². The number of nitrogens with zero attached hydrogens (tertiary/aromatic N) is 5. The fourth-order valence-electron chi connectivity index (χ4n) is 6.27. The Balaban J connectivity index is 1.49. The second kappa shape index (κ2) is 8.46. The van der Waals surface area contributed by atoms with Crippen LogP contribution in [0.4, 0.5) is 0 Å². The Labute approximate surface area is 242 Å². The van der Waals surface area contributed by atoms with Gasteiger partial charge in [-0.15, -0.1) is 0 Å². The summed E-state index contributed by atoms with van der Waals surface area (Å²) in [5, 5.41) is 4.79. The Hall–Kier alpha value is -5.07. The lowest BCUT2D eigenvalue weighted by Gasteiger charge is -2.11. The van der Waals surface area contributed by atoms with E-state index in [9.17, 15) is 0 Å². The Morgan fingerprint density at radius 2 is 1.12 bits per heavy atom. The van der Waals surface area contributed by atoms with Crippen LogP contribution in [0, 0.1) is 0 Å². The third kappa shape index (κ3) is 3.19. The van der Waals surface area contributed by atoms with Gasteiger partial charge in [0.1, 0.15) is 0 Å². The number of hydrogen-bond donors (Lipinski definition) is 0. The van der Waals surface area contributed by atoms with Gasteiger partial charge in [0.05, 0.1) is 27.6 Å². The van der Waals surface area contributed by atoms with Gasteiger partial charge in [0.15, 0.2) is 11.6 Å². The van der Waals surface area contributed by atoms with Crippen molar-refractivity contribution in [3.05, 3.63) is 126 Å². The minimum absolute atomic E-state index is 0.595. The Morgan fingerprint density at radius 3 is 1.83 bits per heavy atom. The molecule has 0 saturated carbocycles. The summed E-state index contributed by atoms with van der Waals surface area (Å²) in [5.41, 5.74) is 7.58. The highest BCUT2D eigenvalue weighted by atomic mass is 79.9. The van der Waals surface area contributed by atoms with Gasteiger partial charge in [-0.05, 0) is 30.3 Å². The van der Waals surface area contributed by atoms with Crippen molar-refractivity contribution in [1.82, 2.24) is 23.9 Å². The fraction of sp³-hybridized carbons (Fsp3) is 0. The van der Waals surface area contributed by atoms with E-state index < -0.39 is 0 Å². The summed E-state index contributed by atoms with van der Waals surface area (Å²) in [5.74, 6) is 1.88. The van der Waals surface area contributed by atoms with Crippen molar-refractivity contribution in [1.29, 1.82) is 0 Å². The minimum atomic E-state index is 0.595. The zero-order valence-electron chi connectivity index (χ0n) is 21.7. The van der Waals surface area contributed by atoms with Crippen LogP contribution in [-0.2, 0) is 0 Å². The lowest BCUT2D eigenvalue weighted by atomic mass is 10.1. The highest BCUT2D eigenvalue weighted by Gasteiger charge is 2.26. The van der Waals surface area contributed by atoms with Crippen molar-refractivity contribution in [2.45, 2.75) is 0 Å². The Kier molecular flexibility index (Phi) is 4.69. The molecule has 0 aliphatic rings. The maximum absolute atomic E-state index is 5.13. The SMILES string of the molecule is Brc1ccc2c(c1)c1c(c3c4ccccc4c4cccc1n43)n2-c1nc(-c2ccccc2)nc(-c2ccccc2)n1. The van der Waals surface area contributed by atoms with E-state index in [1.807, 2.05) is 60.7 Å². The number of halogens is 1. The average molecular weight is 590 g/mol. The lowest BCUT2D eigenvalue weighted by Crippen LogP contribution is -2.06. The molecule has 4 aromatic carbocycles. The zero-order valence-corrected chi connectivity index (χ0v) is 23.2. The van der Waals surface area contributed by atoms with Crippen LogP contribution in [-0.4, -0.2) is 23.9 Å². The van der Waals surface area contributed by atoms with Gasteiger partial charge in [0, 0.05) is 37.1 Å². The molecule has 0 fully saturated rings. The topological polar surface area (TPSA) is 48.0 Å². The molecule has 9 rings (SSSR count). The second-order valence-electron chi connectivity index (χ2n) is 10.3. The molecule has 0 saturated heterocycles. The van der Waals surface area contributed by atoms with Crippen LogP contribution in [0.5, 0.6) is 0 Å². The first kappa shape index (κ1) is 22.7. The third-order valence-corrected chi connectivity index (χ3v) is 8.46. The normalized spacial score (nSPS) is 12.0. The number of pyridine rings is 1. The van der Waals surface area contributed by atoms with Gasteiger partial charge >= 0.3 is 0 Å². The zero-order chi connectivity index (χ0) is 27.1. The molecule has 0 aliphatic carbocycles. The third-order valence-electron chi connectivity index (χ3n) is 7.97. The number of rotatable bonds is 3. The number of hydrogen-bond acceptors (Lipinski definition) is 3. The summed E-state index contributed by atoms with van der Waals surface area (Å²) in [6.07, 6.45) is 0. The predicted octanol–water partition coefficient (Wildman–Crippen LogP) is 9.06. The van der Waals surface area contributed by atoms with Gasteiger partial charge in [0.2, 0.25) is 5.95 Å². The molecular formula is C35H20BrN5. The number of benzene rings is 4. The van der Waals surface area contributed by atoms with Gasteiger partial charge in [-0.25, -0.2) is 4.98 Å². The maximum Gasteiger partial charge on any atom is 0.238 e. The molecule has 0 unspecified atom stereocenters. The first-order chi connectivity index (χ1) is 20.3. The van der Waals surface area contributed by atoms with E-state index >= 15 is 0 Å². The molecule has 0 amide bonds. The quantitative estimate of drug-likeness (QED) is 0.206. The van der Waals surface area contributed by atoms with Gasteiger partial charge in [0.25, 0.3) is 0 Å². The van der Waals surface area contributed by atoms with E-state index in [-0.39, 0.29) is 0 Å². The van der Waals surface area contributed by atoms with E-state index in [1.54, 1.807) is 0 Å². The van der Waals surface area contributed by atoms with Crippen LogP contribution in [0.15, 0.2) is 126 Å². The molecule has 5 heterocycles. The highest BCUT2D eigenvalue weighted by Crippen LogP contribution is 2.44. The molecule has 0 N–H and O–H groups in total. The van der Waals surface area contributed by atoms with Gasteiger partial charge < -0.3 is 4.40 Å². The standard InChI is InChI=1S/C35H20BrN5/c36-23-18-19-28-26(20-23)30-29-17-9-16-27-24-14-7-8-15-25(24)31(40(27)29)32(30)41(28)35-38-33(21-10-3-1-4-11-21)37-34(39-35)22-12-5-2-6-13-22/h1-20H. The van der Waals surface area contributed by atoms with Gasteiger partial charge in [-0.3, -0.25) is 4.57 Å². The molecule has 5 nitrogen and oxygen atoms in total.